The van der Waals surface area contributed by atoms with Crippen molar-refractivity contribution in [3.05, 3.63) is 53.2 Å². The fourth-order valence-electron chi connectivity index (χ4n) is 2.54. The Morgan fingerprint density at radius 1 is 1.20 bits per heavy atom. The van der Waals surface area contributed by atoms with E-state index >= 15 is 0 Å². The number of ether oxygens (including phenoxy) is 1. The predicted octanol–water partition coefficient (Wildman–Crippen LogP) is 3.08. The molecule has 6 nitrogen and oxygen atoms in total. The number of rotatable bonds is 5. The molecule has 0 bridgehead atoms. The average molecular weight is 358 g/mol. The minimum atomic E-state index is -0.876. The third-order valence-corrected chi connectivity index (χ3v) is 5.19. The lowest BCUT2D eigenvalue weighted by atomic mass is 10.1. The summed E-state index contributed by atoms with van der Waals surface area (Å²) in [4.78, 5) is 30.0. The number of ketones is 1. The number of thioether (sulfide) groups is 1. The minimum Gasteiger partial charge on any atom is -0.481 e. The van der Waals surface area contributed by atoms with E-state index in [9.17, 15) is 9.59 Å². The van der Waals surface area contributed by atoms with Gasteiger partial charge in [-0.25, -0.2) is 9.78 Å². The van der Waals surface area contributed by atoms with E-state index in [-0.39, 0.29) is 11.0 Å². The van der Waals surface area contributed by atoms with E-state index in [0.717, 1.165) is 10.5 Å². The van der Waals surface area contributed by atoms with Crippen LogP contribution in [0.25, 0.3) is 0 Å². The number of aromatic nitrogens is 1. The van der Waals surface area contributed by atoms with E-state index in [1.807, 2.05) is 25.1 Å². The zero-order valence-corrected chi connectivity index (χ0v) is 14.7. The van der Waals surface area contributed by atoms with E-state index in [1.165, 1.54) is 12.0 Å². The number of carboxylic acid groups (broad SMARTS) is 1. The van der Waals surface area contributed by atoms with Crippen LogP contribution >= 0.6 is 11.8 Å². The molecule has 3 rings (SSSR count). The molecule has 1 fully saturated rings. The molecule has 1 amide bonds. The van der Waals surface area contributed by atoms with Crippen molar-refractivity contribution >= 4 is 23.6 Å². The zero-order valence-electron chi connectivity index (χ0n) is 13.9. The summed E-state index contributed by atoms with van der Waals surface area (Å²) in [5.41, 5.74) is 1.78. The molecule has 0 spiro atoms. The molecule has 1 saturated heterocycles. The van der Waals surface area contributed by atoms with Gasteiger partial charge in [0.25, 0.3) is 0 Å². The molecule has 0 atom stereocenters. The van der Waals surface area contributed by atoms with Crippen molar-refractivity contribution in [3.63, 3.8) is 0 Å². The lowest BCUT2D eigenvalue weighted by molar-refractivity contribution is 0.103. The standard InChI is InChI=1S/C18H18N2O4S/c1-11-3-8-15(19-17(11)24-2)16(21)12-4-6-13(7-5-12)25-14-9-20(10-14)18(22)23/h3-8,14H,9-10H2,1-2H3,(H,22,23). The van der Waals surface area contributed by atoms with Crippen molar-refractivity contribution in [2.75, 3.05) is 20.2 Å². The van der Waals surface area contributed by atoms with Crippen molar-refractivity contribution in [2.45, 2.75) is 17.1 Å². The summed E-state index contributed by atoms with van der Waals surface area (Å²) in [5, 5.41) is 9.11. The Kier molecular flexibility index (Phi) is 4.94. The minimum absolute atomic E-state index is 0.157. The first kappa shape index (κ1) is 17.3. The average Bonchev–Trinajstić information content (AvgIpc) is 2.57. The van der Waals surface area contributed by atoms with Gasteiger partial charge in [0.15, 0.2) is 0 Å². The molecule has 1 aromatic carbocycles. The molecule has 2 heterocycles. The molecule has 0 saturated carbocycles. The molecular formula is C18H18N2O4S. The van der Waals surface area contributed by atoms with Crippen LogP contribution in [0.2, 0.25) is 0 Å². The Labute approximate surface area is 149 Å². The van der Waals surface area contributed by atoms with Crippen LogP contribution in [0.15, 0.2) is 41.3 Å². The first-order valence-corrected chi connectivity index (χ1v) is 8.67. The van der Waals surface area contributed by atoms with Gasteiger partial charge in [0, 0.05) is 34.4 Å². The van der Waals surface area contributed by atoms with E-state index < -0.39 is 6.09 Å². The first-order valence-electron chi connectivity index (χ1n) is 7.79. The second-order valence-electron chi connectivity index (χ2n) is 5.80. The number of carbonyl (C=O) groups is 2. The summed E-state index contributed by atoms with van der Waals surface area (Å²) in [6, 6.07) is 10.8. The summed E-state index contributed by atoms with van der Waals surface area (Å²) in [6.45, 7) is 2.94. The number of likely N-dealkylation sites (tertiary alicyclic amines) is 1. The second-order valence-corrected chi connectivity index (χ2v) is 7.18. The third-order valence-electron chi connectivity index (χ3n) is 4.01. The van der Waals surface area contributed by atoms with Gasteiger partial charge in [-0.2, -0.15) is 0 Å². The summed E-state index contributed by atoms with van der Waals surface area (Å²) in [6.07, 6.45) is -0.876. The highest BCUT2D eigenvalue weighted by molar-refractivity contribution is 8.00. The molecule has 0 radical (unpaired) electrons. The summed E-state index contributed by atoms with van der Waals surface area (Å²) >= 11 is 1.62. The smallest absolute Gasteiger partial charge is 0.407 e. The van der Waals surface area contributed by atoms with Gasteiger partial charge in [0.2, 0.25) is 11.7 Å². The van der Waals surface area contributed by atoms with Gasteiger partial charge in [-0.1, -0.05) is 6.07 Å². The molecule has 1 aromatic heterocycles. The van der Waals surface area contributed by atoms with Gasteiger partial charge in [-0.15, -0.1) is 11.8 Å². The van der Waals surface area contributed by atoms with Gasteiger partial charge >= 0.3 is 6.09 Å². The maximum Gasteiger partial charge on any atom is 0.407 e. The van der Waals surface area contributed by atoms with E-state index in [4.69, 9.17) is 9.84 Å². The van der Waals surface area contributed by atoms with Gasteiger partial charge in [-0.05, 0) is 37.3 Å². The maximum atomic E-state index is 12.5. The Hall–Kier alpha value is -2.54. The Balaban J connectivity index is 1.66. The quantitative estimate of drug-likeness (QED) is 0.828. The van der Waals surface area contributed by atoms with Crippen molar-refractivity contribution in [2.24, 2.45) is 0 Å². The number of amides is 1. The molecule has 2 aromatic rings. The molecule has 7 heteroatoms. The SMILES string of the molecule is COc1nc(C(=O)c2ccc(SC3CN(C(=O)O)C3)cc2)ccc1C. The number of pyridine rings is 1. The summed E-state index contributed by atoms with van der Waals surface area (Å²) in [7, 11) is 1.53. The van der Waals surface area contributed by atoms with Gasteiger partial charge in [-0.3, -0.25) is 4.79 Å². The number of nitrogens with zero attached hydrogens (tertiary/aromatic N) is 2. The second kappa shape index (κ2) is 7.14. The molecule has 1 aliphatic heterocycles. The maximum absolute atomic E-state index is 12.5. The summed E-state index contributed by atoms with van der Waals surface area (Å²) in [5.74, 6) is 0.293. The van der Waals surface area contributed by atoms with E-state index in [1.54, 1.807) is 30.0 Å². The van der Waals surface area contributed by atoms with E-state index in [2.05, 4.69) is 4.98 Å². The molecule has 130 valence electrons. The molecule has 25 heavy (non-hydrogen) atoms. The third kappa shape index (κ3) is 3.76. The van der Waals surface area contributed by atoms with Crippen molar-refractivity contribution in [1.29, 1.82) is 0 Å². The topological polar surface area (TPSA) is 79.7 Å². The summed E-state index contributed by atoms with van der Waals surface area (Å²) < 4.78 is 5.17. The number of carbonyl (C=O) groups excluding carboxylic acids is 1. The van der Waals surface area contributed by atoms with Crippen LogP contribution < -0.4 is 4.74 Å². The fourth-order valence-corrected chi connectivity index (χ4v) is 3.72. The highest BCUT2D eigenvalue weighted by atomic mass is 32.2. The van der Waals surface area contributed by atoms with Crippen LogP contribution in [0.3, 0.4) is 0 Å². The molecule has 1 N–H and O–H groups in total. The van der Waals surface area contributed by atoms with Crippen molar-refractivity contribution in [1.82, 2.24) is 9.88 Å². The first-order chi connectivity index (χ1) is 12.0. The Bertz CT molecular complexity index is 801. The lowest BCUT2D eigenvalue weighted by Gasteiger charge is -2.36. The van der Waals surface area contributed by atoms with Crippen molar-refractivity contribution < 1.29 is 19.4 Å². The van der Waals surface area contributed by atoms with Crippen LogP contribution in [0.4, 0.5) is 4.79 Å². The van der Waals surface area contributed by atoms with Crippen LogP contribution in [0.1, 0.15) is 21.6 Å². The Morgan fingerprint density at radius 2 is 1.88 bits per heavy atom. The van der Waals surface area contributed by atoms with Crippen LogP contribution in [-0.2, 0) is 0 Å². The number of benzene rings is 1. The molecule has 0 aliphatic carbocycles. The Morgan fingerprint density at radius 3 is 2.48 bits per heavy atom. The molecule has 0 unspecified atom stereocenters. The highest BCUT2D eigenvalue weighted by Gasteiger charge is 2.31. The largest absolute Gasteiger partial charge is 0.481 e. The van der Waals surface area contributed by atoms with Gasteiger partial charge in [0.05, 0.1) is 7.11 Å². The lowest BCUT2D eigenvalue weighted by Crippen LogP contribution is -2.51. The van der Waals surface area contributed by atoms with Crippen LogP contribution in [0.5, 0.6) is 5.88 Å². The predicted molar refractivity (Wildman–Crippen MR) is 94.6 cm³/mol. The molecular weight excluding hydrogens is 340 g/mol. The monoisotopic (exact) mass is 358 g/mol. The molecule has 1 aliphatic rings. The van der Waals surface area contributed by atoms with Crippen LogP contribution in [0, 0.1) is 6.92 Å². The van der Waals surface area contributed by atoms with Crippen molar-refractivity contribution in [3.8, 4) is 5.88 Å². The highest BCUT2D eigenvalue weighted by Crippen LogP contribution is 2.30. The van der Waals surface area contributed by atoms with Gasteiger partial charge < -0.3 is 14.7 Å². The fraction of sp³-hybridized carbons (Fsp3) is 0.278. The number of aryl methyl sites for hydroxylation is 1. The van der Waals surface area contributed by atoms with Gasteiger partial charge in [0.1, 0.15) is 5.69 Å². The number of hydrogen-bond acceptors (Lipinski definition) is 5. The number of methoxy groups -OCH3 is 1. The van der Waals surface area contributed by atoms with E-state index in [0.29, 0.717) is 30.2 Å². The normalized spacial score (nSPS) is 14.1. The van der Waals surface area contributed by atoms with Crippen LogP contribution in [-0.4, -0.2) is 52.3 Å². The number of hydrogen-bond donors (Lipinski definition) is 1. The zero-order chi connectivity index (χ0) is 18.0.